The van der Waals surface area contributed by atoms with Crippen LogP contribution in [0.25, 0.3) is 0 Å². The summed E-state index contributed by atoms with van der Waals surface area (Å²) in [6.45, 7) is 4.41. The highest BCUT2D eigenvalue weighted by atomic mass is 32.1. The zero-order valence-corrected chi connectivity index (χ0v) is 14.6. The van der Waals surface area contributed by atoms with Gasteiger partial charge in [0.2, 0.25) is 0 Å². The molecular formula is C20H24N2S. The molecule has 2 nitrogen and oxygen atoms in total. The quantitative estimate of drug-likeness (QED) is 0.761. The Morgan fingerprint density at radius 2 is 1.83 bits per heavy atom. The lowest BCUT2D eigenvalue weighted by Crippen LogP contribution is -2.34. The van der Waals surface area contributed by atoms with Crippen LogP contribution in [0.5, 0.6) is 0 Å². The Morgan fingerprint density at radius 1 is 1.09 bits per heavy atom. The van der Waals surface area contributed by atoms with E-state index in [1.807, 2.05) is 0 Å². The monoisotopic (exact) mass is 324 g/mol. The highest BCUT2D eigenvalue weighted by molar-refractivity contribution is 7.80. The molecule has 2 aromatic rings. The predicted molar refractivity (Wildman–Crippen MR) is 102 cm³/mol. The first-order valence-corrected chi connectivity index (χ1v) is 8.79. The Balaban J connectivity index is 1.64. The second-order valence-corrected chi connectivity index (χ2v) is 6.93. The second kappa shape index (κ2) is 7.14. The number of hydrogen-bond donors (Lipinski definition) is 2. The molecule has 1 aliphatic rings. The Kier molecular flexibility index (Phi) is 4.97. The summed E-state index contributed by atoms with van der Waals surface area (Å²) in [7, 11) is 0. The highest BCUT2D eigenvalue weighted by Crippen LogP contribution is 2.29. The standard InChI is InChI=1S/C20H24N2S/c1-14(2)15-10-12-17(13-11-15)21-20(23)22-19-9-5-7-16-6-3-4-8-18(16)19/h3-4,6,8,10-14,19H,5,7,9H2,1-2H3,(H2,21,22,23)/t19-/m0/s1. The van der Waals surface area contributed by atoms with Gasteiger partial charge in [0, 0.05) is 5.69 Å². The van der Waals surface area contributed by atoms with Crippen LogP contribution in [-0.2, 0) is 6.42 Å². The predicted octanol–water partition coefficient (Wildman–Crippen LogP) is 5.17. The van der Waals surface area contributed by atoms with Crippen molar-refractivity contribution < 1.29 is 0 Å². The minimum absolute atomic E-state index is 0.315. The molecule has 2 aromatic carbocycles. The summed E-state index contributed by atoms with van der Waals surface area (Å²) in [5.41, 5.74) is 5.21. The maximum atomic E-state index is 5.51. The smallest absolute Gasteiger partial charge is 0.171 e. The number of thiocarbonyl (C=S) groups is 1. The van der Waals surface area contributed by atoms with Crippen molar-refractivity contribution in [2.45, 2.75) is 45.1 Å². The topological polar surface area (TPSA) is 24.1 Å². The van der Waals surface area contributed by atoms with Crippen LogP contribution in [0, 0.1) is 0 Å². The van der Waals surface area contributed by atoms with Gasteiger partial charge in [0.1, 0.15) is 0 Å². The van der Waals surface area contributed by atoms with Gasteiger partial charge >= 0.3 is 0 Å². The van der Waals surface area contributed by atoms with E-state index in [1.54, 1.807) is 0 Å². The van der Waals surface area contributed by atoms with Gasteiger partial charge in [-0.05, 0) is 66.2 Å². The van der Waals surface area contributed by atoms with Crippen molar-refractivity contribution in [1.82, 2.24) is 5.32 Å². The van der Waals surface area contributed by atoms with Gasteiger partial charge < -0.3 is 10.6 Å². The molecule has 0 aliphatic heterocycles. The number of aryl methyl sites for hydroxylation is 1. The third kappa shape index (κ3) is 3.91. The first-order valence-electron chi connectivity index (χ1n) is 8.39. The van der Waals surface area contributed by atoms with Gasteiger partial charge in [0.25, 0.3) is 0 Å². The average molecular weight is 324 g/mol. The SMILES string of the molecule is CC(C)c1ccc(NC(=S)N[C@H]2CCCc3ccccc32)cc1. The molecule has 2 N–H and O–H groups in total. The molecule has 0 fully saturated rings. The molecule has 0 saturated carbocycles. The number of fused-ring (bicyclic) bond motifs is 1. The van der Waals surface area contributed by atoms with E-state index in [-0.39, 0.29) is 0 Å². The van der Waals surface area contributed by atoms with Crippen LogP contribution in [0.3, 0.4) is 0 Å². The van der Waals surface area contributed by atoms with Crippen molar-refractivity contribution >= 4 is 23.0 Å². The molecule has 1 atom stereocenters. The Morgan fingerprint density at radius 3 is 2.57 bits per heavy atom. The lowest BCUT2D eigenvalue weighted by Gasteiger charge is -2.27. The number of nitrogens with one attached hydrogen (secondary N) is 2. The fraction of sp³-hybridized carbons (Fsp3) is 0.350. The fourth-order valence-corrected chi connectivity index (χ4v) is 3.44. The summed E-state index contributed by atoms with van der Waals surface area (Å²) < 4.78 is 0. The Hall–Kier alpha value is -1.87. The van der Waals surface area contributed by atoms with Crippen molar-refractivity contribution in [1.29, 1.82) is 0 Å². The highest BCUT2D eigenvalue weighted by Gasteiger charge is 2.20. The molecule has 0 unspecified atom stereocenters. The Labute approximate surface area is 144 Å². The van der Waals surface area contributed by atoms with Crippen LogP contribution in [-0.4, -0.2) is 5.11 Å². The summed E-state index contributed by atoms with van der Waals surface area (Å²) in [6, 6.07) is 17.5. The van der Waals surface area contributed by atoms with Gasteiger partial charge in [-0.1, -0.05) is 50.2 Å². The van der Waals surface area contributed by atoms with Crippen molar-refractivity contribution in [3.63, 3.8) is 0 Å². The number of hydrogen-bond acceptors (Lipinski definition) is 1. The van der Waals surface area contributed by atoms with Crippen molar-refractivity contribution in [3.8, 4) is 0 Å². The number of anilines is 1. The summed E-state index contributed by atoms with van der Waals surface area (Å²) in [6.07, 6.45) is 3.51. The summed E-state index contributed by atoms with van der Waals surface area (Å²) in [4.78, 5) is 0. The van der Waals surface area contributed by atoms with Crippen LogP contribution < -0.4 is 10.6 Å². The average Bonchev–Trinajstić information content (AvgIpc) is 2.55. The lowest BCUT2D eigenvalue weighted by molar-refractivity contribution is 0.529. The third-order valence-corrected chi connectivity index (χ3v) is 4.73. The van der Waals surface area contributed by atoms with Gasteiger partial charge in [0.05, 0.1) is 6.04 Å². The van der Waals surface area contributed by atoms with Gasteiger partial charge in [-0.15, -0.1) is 0 Å². The fourth-order valence-electron chi connectivity index (χ4n) is 3.18. The Bertz CT molecular complexity index is 676. The van der Waals surface area contributed by atoms with E-state index in [0.29, 0.717) is 17.1 Å². The molecule has 120 valence electrons. The molecule has 0 spiro atoms. The minimum Gasteiger partial charge on any atom is -0.356 e. The van der Waals surface area contributed by atoms with E-state index in [4.69, 9.17) is 12.2 Å². The van der Waals surface area contributed by atoms with Crippen molar-refractivity contribution in [3.05, 3.63) is 65.2 Å². The van der Waals surface area contributed by atoms with Crippen LogP contribution in [0.1, 0.15) is 55.3 Å². The zero-order chi connectivity index (χ0) is 16.2. The van der Waals surface area contributed by atoms with Gasteiger partial charge in [0.15, 0.2) is 5.11 Å². The van der Waals surface area contributed by atoms with Crippen molar-refractivity contribution in [2.24, 2.45) is 0 Å². The molecule has 0 radical (unpaired) electrons. The molecule has 0 saturated heterocycles. The van der Waals surface area contributed by atoms with E-state index in [9.17, 15) is 0 Å². The summed E-state index contributed by atoms with van der Waals surface area (Å²) in [5.74, 6) is 0.549. The van der Waals surface area contributed by atoms with Gasteiger partial charge in [-0.25, -0.2) is 0 Å². The van der Waals surface area contributed by atoms with E-state index >= 15 is 0 Å². The van der Waals surface area contributed by atoms with Crippen molar-refractivity contribution in [2.75, 3.05) is 5.32 Å². The molecule has 0 heterocycles. The molecule has 3 heteroatoms. The van der Waals surface area contributed by atoms with E-state index in [1.165, 1.54) is 29.5 Å². The molecule has 1 aliphatic carbocycles. The third-order valence-electron chi connectivity index (χ3n) is 4.51. The van der Waals surface area contributed by atoms with E-state index < -0.39 is 0 Å². The normalized spacial score (nSPS) is 16.7. The molecule has 3 rings (SSSR count). The first-order chi connectivity index (χ1) is 11.1. The van der Waals surface area contributed by atoms with Crippen LogP contribution in [0.4, 0.5) is 5.69 Å². The molecule has 0 amide bonds. The van der Waals surface area contributed by atoms with Crippen LogP contribution in [0.2, 0.25) is 0 Å². The zero-order valence-electron chi connectivity index (χ0n) is 13.8. The van der Waals surface area contributed by atoms with Gasteiger partial charge in [-0.3, -0.25) is 0 Å². The van der Waals surface area contributed by atoms with Crippen LogP contribution >= 0.6 is 12.2 Å². The van der Waals surface area contributed by atoms with E-state index in [2.05, 4.69) is 73.0 Å². The largest absolute Gasteiger partial charge is 0.356 e. The maximum Gasteiger partial charge on any atom is 0.171 e. The minimum atomic E-state index is 0.315. The molecule has 0 aromatic heterocycles. The second-order valence-electron chi connectivity index (χ2n) is 6.52. The molecule has 23 heavy (non-hydrogen) atoms. The number of rotatable bonds is 3. The molecule has 0 bridgehead atoms. The summed E-state index contributed by atoms with van der Waals surface area (Å²) in [5, 5.41) is 7.49. The summed E-state index contributed by atoms with van der Waals surface area (Å²) >= 11 is 5.51. The lowest BCUT2D eigenvalue weighted by atomic mass is 9.88. The first kappa shape index (κ1) is 16.0. The van der Waals surface area contributed by atoms with E-state index in [0.717, 1.165) is 12.1 Å². The van der Waals surface area contributed by atoms with Gasteiger partial charge in [-0.2, -0.15) is 0 Å². The molecular weight excluding hydrogens is 300 g/mol. The van der Waals surface area contributed by atoms with Crippen LogP contribution in [0.15, 0.2) is 48.5 Å². The maximum absolute atomic E-state index is 5.51. The number of benzene rings is 2.